The van der Waals surface area contributed by atoms with Crippen molar-refractivity contribution in [3.8, 4) is 0 Å². The minimum Gasteiger partial charge on any atom is -0.477 e. The second-order valence-corrected chi connectivity index (χ2v) is 3.75. The molecule has 1 aromatic rings. The summed E-state index contributed by atoms with van der Waals surface area (Å²) in [5.41, 5.74) is 0.0105. The van der Waals surface area contributed by atoms with E-state index in [4.69, 9.17) is 21.4 Å². The molecule has 0 saturated carbocycles. The maximum Gasteiger partial charge on any atom is 0.341 e. The number of carboxylic acid groups (broad SMARTS) is 1. The summed E-state index contributed by atoms with van der Waals surface area (Å²) in [6, 6.07) is 0.0732. The third-order valence-corrected chi connectivity index (χ3v) is 2.44. The van der Waals surface area contributed by atoms with Gasteiger partial charge < -0.3 is 15.2 Å². The van der Waals surface area contributed by atoms with Crippen LogP contribution >= 0.6 is 11.6 Å². The van der Waals surface area contributed by atoms with E-state index in [-0.39, 0.29) is 22.7 Å². The number of rotatable bonds is 3. The number of ether oxygens (including phenoxy) is 1. The lowest BCUT2D eigenvalue weighted by molar-refractivity contribution is 0.0697. The molecule has 0 aromatic carbocycles. The predicted molar refractivity (Wildman–Crippen MR) is 56.8 cm³/mol. The van der Waals surface area contributed by atoms with Crippen LogP contribution in [0, 0.1) is 0 Å². The first-order valence-corrected chi connectivity index (χ1v) is 5.14. The lowest BCUT2D eigenvalue weighted by Gasteiger charge is -2.12. The Hall–Kier alpha value is -1.40. The molecule has 0 aliphatic carbocycles. The van der Waals surface area contributed by atoms with Gasteiger partial charge in [0.15, 0.2) is 0 Å². The zero-order valence-electron chi connectivity index (χ0n) is 8.31. The van der Waals surface area contributed by atoms with E-state index in [1.54, 1.807) is 0 Å². The van der Waals surface area contributed by atoms with Gasteiger partial charge in [-0.2, -0.15) is 4.98 Å². The Kier molecular flexibility index (Phi) is 3.21. The second-order valence-electron chi connectivity index (χ2n) is 3.41. The van der Waals surface area contributed by atoms with Crippen LogP contribution in [0.4, 0.5) is 5.82 Å². The number of hydrogen-bond donors (Lipinski definition) is 2. The molecule has 0 bridgehead atoms. The van der Waals surface area contributed by atoms with Gasteiger partial charge in [0, 0.05) is 12.8 Å². The Morgan fingerprint density at radius 1 is 1.69 bits per heavy atom. The molecule has 16 heavy (non-hydrogen) atoms. The van der Waals surface area contributed by atoms with Crippen molar-refractivity contribution in [2.75, 3.05) is 18.5 Å². The van der Waals surface area contributed by atoms with E-state index in [9.17, 15) is 4.79 Å². The number of aromatic carboxylic acids is 1. The molecule has 0 unspecified atom stereocenters. The number of nitrogens with zero attached hydrogens (tertiary/aromatic N) is 2. The largest absolute Gasteiger partial charge is 0.477 e. The van der Waals surface area contributed by atoms with Crippen molar-refractivity contribution in [2.24, 2.45) is 0 Å². The number of anilines is 1. The Morgan fingerprint density at radius 3 is 3.12 bits per heavy atom. The fourth-order valence-corrected chi connectivity index (χ4v) is 1.60. The summed E-state index contributed by atoms with van der Waals surface area (Å²) in [6.45, 7) is 1.21. The minimum absolute atomic E-state index is 0.0105. The summed E-state index contributed by atoms with van der Waals surface area (Å²) in [7, 11) is 0. The first-order valence-electron chi connectivity index (χ1n) is 4.77. The van der Waals surface area contributed by atoms with Crippen molar-refractivity contribution >= 4 is 23.4 Å². The number of aromatic nitrogens is 2. The standard InChI is InChI=1S/C9H10ClN3O3/c10-9-11-3-6(8(14)15)7(13-9)12-5-1-2-16-4-5/h3,5H,1-2,4H2,(H,14,15)(H,11,12,13)/t5-/m0/s1. The molecule has 0 amide bonds. The summed E-state index contributed by atoms with van der Waals surface area (Å²) < 4.78 is 5.17. The lowest BCUT2D eigenvalue weighted by atomic mass is 10.2. The highest BCUT2D eigenvalue weighted by Crippen LogP contribution is 2.17. The third kappa shape index (κ3) is 2.40. The molecule has 0 radical (unpaired) electrons. The number of halogens is 1. The summed E-state index contributed by atoms with van der Waals surface area (Å²) in [6.07, 6.45) is 2.01. The number of nitrogens with one attached hydrogen (secondary N) is 1. The van der Waals surface area contributed by atoms with Crippen molar-refractivity contribution in [2.45, 2.75) is 12.5 Å². The maximum absolute atomic E-state index is 10.9. The third-order valence-electron chi connectivity index (χ3n) is 2.26. The van der Waals surface area contributed by atoms with Crippen LogP contribution in [0.1, 0.15) is 16.8 Å². The highest BCUT2D eigenvalue weighted by atomic mass is 35.5. The Bertz CT molecular complexity index is 407. The van der Waals surface area contributed by atoms with E-state index in [2.05, 4.69) is 15.3 Å². The zero-order chi connectivity index (χ0) is 11.5. The molecular weight excluding hydrogens is 234 g/mol. The summed E-state index contributed by atoms with van der Waals surface area (Å²) in [5, 5.41) is 11.9. The van der Waals surface area contributed by atoms with E-state index < -0.39 is 5.97 Å². The first kappa shape index (κ1) is 11.1. The van der Waals surface area contributed by atoms with E-state index >= 15 is 0 Å². The Morgan fingerprint density at radius 2 is 2.50 bits per heavy atom. The number of hydrogen-bond acceptors (Lipinski definition) is 5. The molecule has 1 atom stereocenters. The quantitative estimate of drug-likeness (QED) is 0.772. The molecule has 1 aliphatic heterocycles. The van der Waals surface area contributed by atoms with Crippen molar-refractivity contribution in [3.05, 3.63) is 17.0 Å². The molecule has 2 heterocycles. The molecule has 86 valence electrons. The Labute approximate surface area is 96.6 Å². The molecule has 2 rings (SSSR count). The summed E-state index contributed by atoms with van der Waals surface area (Å²) >= 11 is 5.62. The molecule has 1 saturated heterocycles. The minimum atomic E-state index is -1.09. The van der Waals surface area contributed by atoms with Crippen LogP contribution in [0.15, 0.2) is 6.20 Å². The second kappa shape index (κ2) is 4.63. The van der Waals surface area contributed by atoms with Gasteiger partial charge in [0.1, 0.15) is 11.4 Å². The summed E-state index contributed by atoms with van der Waals surface area (Å²) in [5.74, 6) is -0.846. The number of carboxylic acids is 1. The van der Waals surface area contributed by atoms with Crippen LogP contribution in [0.25, 0.3) is 0 Å². The Balaban J connectivity index is 2.22. The van der Waals surface area contributed by atoms with Crippen LogP contribution < -0.4 is 5.32 Å². The van der Waals surface area contributed by atoms with Gasteiger partial charge >= 0.3 is 5.97 Å². The fraction of sp³-hybridized carbons (Fsp3) is 0.444. The van der Waals surface area contributed by atoms with Crippen molar-refractivity contribution in [3.63, 3.8) is 0 Å². The average molecular weight is 244 g/mol. The normalized spacial score (nSPS) is 19.7. The highest BCUT2D eigenvalue weighted by molar-refractivity contribution is 6.28. The molecule has 0 spiro atoms. The monoisotopic (exact) mass is 243 g/mol. The van der Waals surface area contributed by atoms with Crippen molar-refractivity contribution in [1.82, 2.24) is 9.97 Å². The molecule has 1 fully saturated rings. The van der Waals surface area contributed by atoms with E-state index in [0.717, 1.165) is 6.42 Å². The molecule has 1 aliphatic rings. The van der Waals surface area contributed by atoms with Gasteiger partial charge in [-0.15, -0.1) is 0 Å². The van der Waals surface area contributed by atoms with Crippen LogP contribution in [0.3, 0.4) is 0 Å². The fourth-order valence-electron chi connectivity index (χ4n) is 1.47. The molecular formula is C9H10ClN3O3. The first-order chi connectivity index (χ1) is 7.66. The molecule has 7 heteroatoms. The zero-order valence-corrected chi connectivity index (χ0v) is 9.07. The van der Waals surface area contributed by atoms with Crippen molar-refractivity contribution in [1.29, 1.82) is 0 Å². The molecule has 6 nitrogen and oxygen atoms in total. The predicted octanol–water partition coefficient (Wildman–Crippen LogP) is 1.03. The summed E-state index contributed by atoms with van der Waals surface area (Å²) in [4.78, 5) is 18.4. The van der Waals surface area contributed by atoms with E-state index in [0.29, 0.717) is 13.2 Å². The SMILES string of the molecule is O=C(O)c1cnc(Cl)nc1N[C@H]1CCOC1. The van der Waals surface area contributed by atoms with Gasteiger partial charge in [0.2, 0.25) is 5.28 Å². The van der Waals surface area contributed by atoms with Crippen molar-refractivity contribution < 1.29 is 14.6 Å². The topological polar surface area (TPSA) is 84.3 Å². The van der Waals surface area contributed by atoms with E-state index in [1.807, 2.05) is 0 Å². The highest BCUT2D eigenvalue weighted by Gasteiger charge is 2.20. The number of carbonyl (C=O) groups is 1. The smallest absolute Gasteiger partial charge is 0.341 e. The van der Waals surface area contributed by atoms with Crippen LogP contribution in [0.2, 0.25) is 5.28 Å². The lowest BCUT2D eigenvalue weighted by Crippen LogP contribution is -2.22. The van der Waals surface area contributed by atoms with Gasteiger partial charge in [0.05, 0.1) is 12.6 Å². The van der Waals surface area contributed by atoms with Gasteiger partial charge in [-0.25, -0.2) is 9.78 Å². The van der Waals surface area contributed by atoms with Gasteiger partial charge in [-0.05, 0) is 18.0 Å². The van der Waals surface area contributed by atoms with Gasteiger partial charge in [0.25, 0.3) is 0 Å². The van der Waals surface area contributed by atoms with E-state index in [1.165, 1.54) is 6.20 Å². The van der Waals surface area contributed by atoms with Gasteiger partial charge in [-0.3, -0.25) is 0 Å². The molecule has 1 aromatic heterocycles. The van der Waals surface area contributed by atoms with Crippen LogP contribution in [-0.4, -0.2) is 40.3 Å². The van der Waals surface area contributed by atoms with Crippen LogP contribution in [-0.2, 0) is 4.74 Å². The van der Waals surface area contributed by atoms with Gasteiger partial charge in [-0.1, -0.05) is 0 Å². The average Bonchev–Trinajstić information content (AvgIpc) is 2.70. The maximum atomic E-state index is 10.9. The van der Waals surface area contributed by atoms with Crippen LogP contribution in [0.5, 0.6) is 0 Å². The molecule has 2 N–H and O–H groups in total.